The molecule has 6 heteroatoms. The lowest BCUT2D eigenvalue weighted by atomic mass is 9.96. The highest BCUT2D eigenvalue weighted by molar-refractivity contribution is 5.74. The van der Waals surface area contributed by atoms with Crippen LogP contribution in [0, 0.1) is 5.92 Å². The van der Waals surface area contributed by atoms with E-state index in [4.69, 9.17) is 4.74 Å². The Kier molecular flexibility index (Phi) is 7.10. The van der Waals surface area contributed by atoms with Crippen LogP contribution in [0.25, 0.3) is 0 Å². The number of nitrogens with one attached hydrogen (secondary N) is 1. The molecule has 2 amide bonds. The number of aliphatic hydroxyl groups is 1. The molecule has 0 radical (unpaired) electrons. The van der Waals surface area contributed by atoms with Crippen molar-refractivity contribution in [3.05, 3.63) is 35.9 Å². The van der Waals surface area contributed by atoms with E-state index in [2.05, 4.69) is 10.2 Å². The number of likely N-dealkylation sites (tertiary alicyclic amines) is 1. The van der Waals surface area contributed by atoms with E-state index in [1.54, 1.807) is 0 Å². The number of ether oxygens (including phenoxy) is 1. The summed E-state index contributed by atoms with van der Waals surface area (Å²) in [5.41, 5.74) is 0.973. The van der Waals surface area contributed by atoms with Crippen molar-refractivity contribution in [2.24, 2.45) is 5.92 Å². The number of aliphatic hydroxyl groups excluding tert-OH is 1. The van der Waals surface area contributed by atoms with Gasteiger partial charge in [0.15, 0.2) is 0 Å². The average molecular weight is 376 g/mol. The van der Waals surface area contributed by atoms with Gasteiger partial charge in [-0.2, -0.15) is 0 Å². The van der Waals surface area contributed by atoms with Crippen molar-refractivity contribution in [1.29, 1.82) is 0 Å². The molecule has 2 aliphatic heterocycles. The van der Waals surface area contributed by atoms with Gasteiger partial charge >= 0.3 is 6.03 Å². The van der Waals surface area contributed by atoms with Gasteiger partial charge < -0.3 is 25.0 Å². The highest BCUT2D eigenvalue weighted by Crippen LogP contribution is 2.20. The summed E-state index contributed by atoms with van der Waals surface area (Å²) in [6.07, 6.45) is 1.86. The van der Waals surface area contributed by atoms with Crippen molar-refractivity contribution >= 4 is 6.03 Å². The Labute approximate surface area is 162 Å². The number of nitrogens with zero attached hydrogens (tertiary/aromatic N) is 2. The molecule has 2 fully saturated rings. The average Bonchev–Trinajstić information content (AvgIpc) is 2.67. The maximum Gasteiger partial charge on any atom is 0.317 e. The Morgan fingerprint density at radius 1 is 1.19 bits per heavy atom. The first-order valence-corrected chi connectivity index (χ1v) is 10.1. The molecule has 27 heavy (non-hydrogen) atoms. The maximum atomic E-state index is 12.4. The third-order valence-electron chi connectivity index (χ3n) is 5.57. The standard InChI is InChI=1S/C21H33N3O3/c1-16-13-24(14-17(2)27-16)21(26)22-12-18-8-10-23(11-9-18)15-20(25)19-6-4-3-5-7-19/h3-7,16-18,20,25H,8-15H2,1-2H3,(H,22,26)/t16-,17+,20?. The van der Waals surface area contributed by atoms with Crippen LogP contribution in [0.1, 0.15) is 38.4 Å². The van der Waals surface area contributed by atoms with Crippen molar-refractivity contribution in [3.63, 3.8) is 0 Å². The van der Waals surface area contributed by atoms with Crippen LogP contribution in [0.15, 0.2) is 30.3 Å². The predicted molar refractivity (Wildman–Crippen MR) is 106 cm³/mol. The first kappa shape index (κ1) is 20.1. The number of amides is 2. The van der Waals surface area contributed by atoms with Crippen LogP contribution < -0.4 is 5.32 Å². The molecule has 1 aromatic carbocycles. The zero-order valence-electron chi connectivity index (χ0n) is 16.5. The second-order valence-electron chi connectivity index (χ2n) is 8.02. The number of hydrogen-bond donors (Lipinski definition) is 2. The Hall–Kier alpha value is -1.63. The van der Waals surface area contributed by atoms with Gasteiger partial charge in [-0.05, 0) is 51.3 Å². The van der Waals surface area contributed by atoms with Gasteiger partial charge in [0.1, 0.15) is 0 Å². The van der Waals surface area contributed by atoms with Gasteiger partial charge in [0.2, 0.25) is 0 Å². The van der Waals surface area contributed by atoms with Gasteiger partial charge in [-0.3, -0.25) is 0 Å². The summed E-state index contributed by atoms with van der Waals surface area (Å²) >= 11 is 0. The molecule has 1 unspecified atom stereocenters. The van der Waals surface area contributed by atoms with Crippen LogP contribution in [0.2, 0.25) is 0 Å². The van der Waals surface area contributed by atoms with E-state index in [9.17, 15) is 9.90 Å². The fraction of sp³-hybridized carbons (Fsp3) is 0.667. The molecule has 2 heterocycles. The molecule has 2 saturated heterocycles. The number of rotatable bonds is 5. The molecule has 0 aromatic heterocycles. The van der Waals surface area contributed by atoms with Crippen molar-refractivity contribution in [1.82, 2.24) is 15.1 Å². The quantitative estimate of drug-likeness (QED) is 0.829. The summed E-state index contributed by atoms with van der Waals surface area (Å²) < 4.78 is 5.69. The largest absolute Gasteiger partial charge is 0.387 e. The third kappa shape index (κ3) is 5.92. The second-order valence-corrected chi connectivity index (χ2v) is 8.02. The Bertz CT molecular complexity index is 580. The van der Waals surface area contributed by atoms with E-state index in [1.165, 1.54) is 0 Å². The van der Waals surface area contributed by atoms with E-state index in [0.717, 1.165) is 38.0 Å². The zero-order chi connectivity index (χ0) is 19.2. The minimum Gasteiger partial charge on any atom is -0.387 e. The van der Waals surface area contributed by atoms with Gasteiger partial charge in [-0.25, -0.2) is 4.79 Å². The van der Waals surface area contributed by atoms with Crippen LogP contribution >= 0.6 is 0 Å². The zero-order valence-corrected chi connectivity index (χ0v) is 16.5. The molecule has 6 nitrogen and oxygen atoms in total. The van der Waals surface area contributed by atoms with Crippen molar-refractivity contribution < 1.29 is 14.6 Å². The molecule has 2 aliphatic rings. The fourth-order valence-electron chi connectivity index (χ4n) is 4.09. The number of urea groups is 1. The lowest BCUT2D eigenvalue weighted by Crippen LogP contribution is -2.52. The lowest BCUT2D eigenvalue weighted by molar-refractivity contribution is -0.0546. The topological polar surface area (TPSA) is 65.0 Å². The van der Waals surface area contributed by atoms with Crippen LogP contribution in [-0.2, 0) is 4.74 Å². The van der Waals surface area contributed by atoms with E-state index in [0.29, 0.717) is 25.6 Å². The monoisotopic (exact) mass is 375 g/mol. The summed E-state index contributed by atoms with van der Waals surface area (Å²) in [6, 6.07) is 9.86. The number of morpholine rings is 1. The van der Waals surface area contributed by atoms with Crippen molar-refractivity contribution in [2.75, 3.05) is 39.3 Å². The molecular formula is C21H33N3O3. The highest BCUT2D eigenvalue weighted by atomic mass is 16.5. The molecule has 0 bridgehead atoms. The second kappa shape index (κ2) is 9.53. The molecule has 2 N–H and O–H groups in total. The molecule has 3 atom stereocenters. The number of carbonyl (C=O) groups is 1. The van der Waals surface area contributed by atoms with Crippen LogP contribution in [0.3, 0.4) is 0 Å². The van der Waals surface area contributed by atoms with Gasteiger partial charge in [0, 0.05) is 26.2 Å². The van der Waals surface area contributed by atoms with Crippen molar-refractivity contribution in [3.8, 4) is 0 Å². The molecule has 150 valence electrons. The van der Waals surface area contributed by atoms with Crippen LogP contribution in [-0.4, -0.2) is 72.4 Å². The highest BCUT2D eigenvalue weighted by Gasteiger charge is 2.27. The van der Waals surface area contributed by atoms with Gasteiger partial charge in [0.05, 0.1) is 18.3 Å². The SMILES string of the molecule is C[C@@H]1CN(C(=O)NCC2CCN(CC(O)c3ccccc3)CC2)C[C@H](C)O1. The first-order chi connectivity index (χ1) is 13.0. The normalized spacial score (nSPS) is 26.0. The van der Waals surface area contributed by atoms with Crippen LogP contribution in [0.5, 0.6) is 0 Å². The smallest absolute Gasteiger partial charge is 0.317 e. The molecule has 0 saturated carbocycles. The molecule has 0 aliphatic carbocycles. The third-order valence-corrected chi connectivity index (χ3v) is 5.57. The Morgan fingerprint density at radius 3 is 2.44 bits per heavy atom. The summed E-state index contributed by atoms with van der Waals surface area (Å²) in [5.74, 6) is 0.509. The van der Waals surface area contributed by atoms with Crippen molar-refractivity contribution in [2.45, 2.75) is 45.0 Å². The summed E-state index contributed by atoms with van der Waals surface area (Å²) in [5, 5.41) is 13.5. The molecule has 0 spiro atoms. The summed E-state index contributed by atoms with van der Waals surface area (Å²) in [6.45, 7) is 8.68. The Morgan fingerprint density at radius 2 is 1.81 bits per heavy atom. The molecule has 1 aromatic rings. The molecular weight excluding hydrogens is 342 g/mol. The predicted octanol–water partition coefficient (Wildman–Crippen LogP) is 2.25. The lowest BCUT2D eigenvalue weighted by Gasteiger charge is -2.36. The minimum absolute atomic E-state index is 0.0268. The molecule has 3 rings (SSSR count). The minimum atomic E-state index is -0.437. The van der Waals surface area contributed by atoms with E-state index in [1.807, 2.05) is 49.1 Å². The van der Waals surface area contributed by atoms with E-state index in [-0.39, 0.29) is 18.2 Å². The summed E-state index contributed by atoms with van der Waals surface area (Å²) in [4.78, 5) is 16.6. The maximum absolute atomic E-state index is 12.4. The number of benzene rings is 1. The van der Waals surface area contributed by atoms with E-state index >= 15 is 0 Å². The Balaban J connectivity index is 1.36. The summed E-state index contributed by atoms with van der Waals surface area (Å²) in [7, 11) is 0. The van der Waals surface area contributed by atoms with Gasteiger partial charge in [-0.15, -0.1) is 0 Å². The van der Waals surface area contributed by atoms with Crippen LogP contribution in [0.4, 0.5) is 4.79 Å². The van der Waals surface area contributed by atoms with Gasteiger partial charge in [-0.1, -0.05) is 30.3 Å². The fourth-order valence-corrected chi connectivity index (χ4v) is 4.09. The van der Waals surface area contributed by atoms with E-state index < -0.39 is 6.10 Å². The number of piperidine rings is 1. The number of carbonyl (C=O) groups excluding carboxylic acids is 1. The first-order valence-electron chi connectivity index (χ1n) is 10.1. The number of hydrogen-bond acceptors (Lipinski definition) is 4. The number of β-amino-alcohol motifs (C(OH)–C–C–N with tert-alkyl or cyclic N) is 1. The van der Waals surface area contributed by atoms with Gasteiger partial charge in [0.25, 0.3) is 0 Å².